The summed E-state index contributed by atoms with van der Waals surface area (Å²) in [7, 11) is 1.24. The highest BCUT2D eigenvalue weighted by Gasteiger charge is 2.20. The lowest BCUT2D eigenvalue weighted by Gasteiger charge is -2.16. The van der Waals surface area contributed by atoms with Crippen LogP contribution in [0, 0.1) is 0 Å². The Bertz CT molecular complexity index is 278. The highest BCUT2D eigenvalue weighted by atomic mass is 16.5. The second-order valence-electron chi connectivity index (χ2n) is 3.40. The van der Waals surface area contributed by atoms with E-state index < -0.39 is 24.0 Å². The van der Waals surface area contributed by atoms with Crippen LogP contribution in [0.1, 0.15) is 27.2 Å². The van der Waals surface area contributed by atoms with Gasteiger partial charge < -0.3 is 15.4 Å². The van der Waals surface area contributed by atoms with Gasteiger partial charge in [0.15, 0.2) is 0 Å². The fourth-order valence-electron chi connectivity index (χ4n) is 0.983. The minimum Gasteiger partial charge on any atom is -0.467 e. The van der Waals surface area contributed by atoms with Crippen LogP contribution < -0.4 is 10.6 Å². The molecule has 0 radical (unpaired) electrons. The SMILES string of the molecule is CCC(=O)NC(C)C(=O)NC(C)C(=O)OC. The molecular formula is C10H18N2O4. The van der Waals surface area contributed by atoms with Gasteiger partial charge in [0.1, 0.15) is 12.1 Å². The van der Waals surface area contributed by atoms with Crippen molar-refractivity contribution in [3.8, 4) is 0 Å². The average molecular weight is 230 g/mol. The normalized spacial score (nSPS) is 13.5. The number of carbonyl (C=O) groups is 3. The summed E-state index contributed by atoms with van der Waals surface area (Å²) >= 11 is 0. The summed E-state index contributed by atoms with van der Waals surface area (Å²) < 4.78 is 4.45. The first-order chi connectivity index (χ1) is 7.42. The van der Waals surface area contributed by atoms with Crippen molar-refractivity contribution in [1.82, 2.24) is 10.6 Å². The molecule has 0 saturated heterocycles. The van der Waals surface area contributed by atoms with E-state index in [9.17, 15) is 14.4 Å². The lowest BCUT2D eigenvalue weighted by atomic mass is 10.2. The molecule has 0 rings (SSSR count). The van der Waals surface area contributed by atoms with Gasteiger partial charge in [-0.05, 0) is 13.8 Å². The minimum atomic E-state index is -0.724. The molecule has 6 nitrogen and oxygen atoms in total. The van der Waals surface area contributed by atoms with Gasteiger partial charge in [0.05, 0.1) is 7.11 Å². The first-order valence-corrected chi connectivity index (χ1v) is 5.09. The number of amides is 2. The summed E-state index contributed by atoms with van der Waals surface area (Å²) in [5.74, 6) is -1.16. The molecule has 2 atom stereocenters. The smallest absolute Gasteiger partial charge is 0.328 e. The monoisotopic (exact) mass is 230 g/mol. The second kappa shape index (κ2) is 6.81. The van der Waals surface area contributed by atoms with E-state index >= 15 is 0 Å². The molecule has 92 valence electrons. The number of hydrogen-bond acceptors (Lipinski definition) is 4. The third kappa shape index (κ3) is 4.77. The number of nitrogens with one attached hydrogen (secondary N) is 2. The van der Waals surface area contributed by atoms with Gasteiger partial charge in [0.2, 0.25) is 11.8 Å². The van der Waals surface area contributed by atoms with Gasteiger partial charge in [-0.15, -0.1) is 0 Å². The molecule has 2 unspecified atom stereocenters. The summed E-state index contributed by atoms with van der Waals surface area (Å²) in [6.07, 6.45) is 0.310. The van der Waals surface area contributed by atoms with Crippen molar-refractivity contribution in [1.29, 1.82) is 0 Å². The molecule has 0 fully saturated rings. The first kappa shape index (κ1) is 14.4. The van der Waals surface area contributed by atoms with E-state index in [1.165, 1.54) is 14.0 Å². The summed E-state index contributed by atoms with van der Waals surface area (Å²) in [6.45, 7) is 4.75. The number of carbonyl (C=O) groups excluding carboxylic acids is 3. The molecule has 0 aromatic heterocycles. The maximum absolute atomic E-state index is 11.5. The van der Waals surface area contributed by atoms with Gasteiger partial charge in [-0.2, -0.15) is 0 Å². The molecule has 0 spiro atoms. The van der Waals surface area contributed by atoms with Crippen molar-refractivity contribution in [2.45, 2.75) is 39.3 Å². The summed E-state index contributed by atoms with van der Waals surface area (Å²) in [5, 5.41) is 4.92. The van der Waals surface area contributed by atoms with Crippen molar-refractivity contribution in [3.05, 3.63) is 0 Å². The number of esters is 1. The summed E-state index contributed by atoms with van der Waals surface area (Å²) in [4.78, 5) is 33.5. The van der Waals surface area contributed by atoms with E-state index in [2.05, 4.69) is 15.4 Å². The molecular weight excluding hydrogens is 212 g/mol. The fourth-order valence-corrected chi connectivity index (χ4v) is 0.983. The zero-order valence-corrected chi connectivity index (χ0v) is 9.99. The van der Waals surface area contributed by atoms with Crippen LogP contribution in [0.15, 0.2) is 0 Å². The van der Waals surface area contributed by atoms with Gasteiger partial charge in [-0.3, -0.25) is 9.59 Å². The zero-order valence-electron chi connectivity index (χ0n) is 9.99. The second-order valence-corrected chi connectivity index (χ2v) is 3.40. The Morgan fingerprint density at radius 2 is 1.69 bits per heavy atom. The molecule has 0 aliphatic rings. The van der Waals surface area contributed by atoms with E-state index in [-0.39, 0.29) is 5.91 Å². The third-order valence-electron chi connectivity index (χ3n) is 2.01. The Labute approximate surface area is 94.7 Å². The average Bonchev–Trinajstić information content (AvgIpc) is 2.27. The molecule has 0 aromatic rings. The summed E-state index contributed by atoms with van der Waals surface area (Å²) in [6, 6.07) is -1.39. The fraction of sp³-hybridized carbons (Fsp3) is 0.700. The molecule has 0 aromatic carbocycles. The molecule has 0 heterocycles. The van der Waals surface area contributed by atoms with Gasteiger partial charge in [-0.1, -0.05) is 6.92 Å². The molecule has 0 bridgehead atoms. The van der Waals surface area contributed by atoms with Crippen LogP contribution in [0.5, 0.6) is 0 Å². The Morgan fingerprint density at radius 3 is 2.12 bits per heavy atom. The Hall–Kier alpha value is -1.59. The van der Waals surface area contributed by atoms with E-state index in [0.717, 1.165) is 0 Å². The molecule has 2 amide bonds. The van der Waals surface area contributed by atoms with Crippen molar-refractivity contribution in [3.63, 3.8) is 0 Å². The Balaban J connectivity index is 4.15. The van der Waals surface area contributed by atoms with Gasteiger partial charge >= 0.3 is 5.97 Å². The highest BCUT2D eigenvalue weighted by molar-refractivity contribution is 5.90. The predicted octanol–water partition coefficient (Wildman–Crippen LogP) is -0.421. The van der Waals surface area contributed by atoms with Crippen LogP contribution in [0.2, 0.25) is 0 Å². The van der Waals surface area contributed by atoms with E-state index in [1.54, 1.807) is 13.8 Å². The number of ether oxygens (including phenoxy) is 1. The lowest BCUT2D eigenvalue weighted by molar-refractivity contribution is -0.144. The molecule has 2 N–H and O–H groups in total. The number of hydrogen-bond donors (Lipinski definition) is 2. The molecule has 0 aliphatic heterocycles. The zero-order chi connectivity index (χ0) is 12.7. The quantitative estimate of drug-likeness (QED) is 0.628. The van der Waals surface area contributed by atoms with Gasteiger partial charge in [0.25, 0.3) is 0 Å². The molecule has 0 aliphatic carbocycles. The van der Waals surface area contributed by atoms with E-state index in [4.69, 9.17) is 0 Å². The maximum atomic E-state index is 11.5. The van der Waals surface area contributed by atoms with Crippen LogP contribution in [-0.2, 0) is 19.1 Å². The van der Waals surface area contributed by atoms with E-state index in [0.29, 0.717) is 6.42 Å². The van der Waals surface area contributed by atoms with Crippen LogP contribution in [0.25, 0.3) is 0 Å². The van der Waals surface area contributed by atoms with Crippen molar-refractivity contribution in [2.24, 2.45) is 0 Å². The topological polar surface area (TPSA) is 84.5 Å². The van der Waals surface area contributed by atoms with Crippen molar-refractivity contribution in [2.75, 3.05) is 7.11 Å². The predicted molar refractivity (Wildman–Crippen MR) is 57.5 cm³/mol. The van der Waals surface area contributed by atoms with Crippen LogP contribution >= 0.6 is 0 Å². The number of methoxy groups -OCH3 is 1. The molecule has 16 heavy (non-hydrogen) atoms. The third-order valence-corrected chi connectivity index (χ3v) is 2.01. The molecule has 6 heteroatoms. The maximum Gasteiger partial charge on any atom is 0.328 e. The van der Waals surface area contributed by atoms with E-state index in [1.807, 2.05) is 0 Å². The number of rotatable bonds is 5. The van der Waals surface area contributed by atoms with Crippen molar-refractivity contribution < 1.29 is 19.1 Å². The standard InChI is InChI=1S/C10H18N2O4/c1-5-8(13)11-6(2)9(14)12-7(3)10(15)16-4/h6-7H,5H2,1-4H3,(H,11,13)(H,12,14). The van der Waals surface area contributed by atoms with Crippen molar-refractivity contribution >= 4 is 17.8 Å². The lowest BCUT2D eigenvalue weighted by Crippen LogP contribution is -2.49. The largest absolute Gasteiger partial charge is 0.467 e. The van der Waals surface area contributed by atoms with Crippen LogP contribution in [0.3, 0.4) is 0 Å². The van der Waals surface area contributed by atoms with Crippen LogP contribution in [-0.4, -0.2) is 37.0 Å². The first-order valence-electron chi connectivity index (χ1n) is 5.09. The van der Waals surface area contributed by atoms with Crippen LogP contribution in [0.4, 0.5) is 0 Å². The highest BCUT2D eigenvalue weighted by Crippen LogP contribution is 1.90. The molecule has 0 saturated carbocycles. The summed E-state index contributed by atoms with van der Waals surface area (Å²) in [5.41, 5.74) is 0. The minimum absolute atomic E-state index is 0.214. The van der Waals surface area contributed by atoms with Gasteiger partial charge in [-0.25, -0.2) is 4.79 Å². The Morgan fingerprint density at radius 1 is 1.12 bits per heavy atom. The van der Waals surface area contributed by atoms with Gasteiger partial charge in [0, 0.05) is 6.42 Å². The Kier molecular flexibility index (Phi) is 6.14.